The van der Waals surface area contributed by atoms with Gasteiger partial charge in [0.25, 0.3) is 5.91 Å². The van der Waals surface area contributed by atoms with Crippen LogP contribution in [0, 0.1) is 0 Å². The second-order valence-electron chi connectivity index (χ2n) is 6.61. The van der Waals surface area contributed by atoms with Crippen molar-refractivity contribution in [1.29, 1.82) is 0 Å². The fraction of sp³-hybridized carbons (Fsp3) is 0.0909. The number of hydrazine groups is 1. The average molecular weight is 417 g/mol. The molecule has 0 spiro atoms. The molecule has 0 saturated heterocycles. The van der Waals surface area contributed by atoms with Crippen LogP contribution in [-0.2, 0) is 17.6 Å². The minimum Gasteiger partial charge on any atom is -0.273 e. The summed E-state index contributed by atoms with van der Waals surface area (Å²) < 4.78 is 0. The maximum Gasteiger partial charge on any atom is 0.287 e. The molecule has 2 amide bonds. The minimum atomic E-state index is -0.471. The zero-order valence-corrected chi connectivity index (χ0v) is 16.8. The SMILES string of the molecule is O=C(Cc1csc(Cc2ccccc2)n1)NNC(=O)c1cc(-c2ccccc2)n[nH]1. The van der Waals surface area contributed by atoms with Crippen LogP contribution in [0.1, 0.15) is 26.8 Å². The first kappa shape index (κ1) is 19.5. The summed E-state index contributed by atoms with van der Waals surface area (Å²) in [7, 11) is 0. The van der Waals surface area contributed by atoms with Crippen molar-refractivity contribution in [3.8, 4) is 11.3 Å². The highest BCUT2D eigenvalue weighted by molar-refractivity contribution is 7.09. The zero-order chi connectivity index (χ0) is 20.8. The van der Waals surface area contributed by atoms with Gasteiger partial charge in [-0.25, -0.2) is 4.98 Å². The lowest BCUT2D eigenvalue weighted by atomic mass is 10.1. The number of thiazole rings is 1. The number of aromatic nitrogens is 3. The first-order valence-corrected chi connectivity index (χ1v) is 10.2. The van der Waals surface area contributed by atoms with Gasteiger partial charge in [0.2, 0.25) is 5.91 Å². The number of hydrogen-bond donors (Lipinski definition) is 3. The molecule has 0 saturated carbocycles. The van der Waals surface area contributed by atoms with Gasteiger partial charge in [-0.05, 0) is 11.6 Å². The number of carbonyl (C=O) groups is 2. The minimum absolute atomic E-state index is 0.0871. The van der Waals surface area contributed by atoms with E-state index in [1.807, 2.05) is 66.0 Å². The van der Waals surface area contributed by atoms with Gasteiger partial charge in [-0.1, -0.05) is 60.7 Å². The highest BCUT2D eigenvalue weighted by Crippen LogP contribution is 2.17. The fourth-order valence-electron chi connectivity index (χ4n) is 2.88. The van der Waals surface area contributed by atoms with Gasteiger partial charge in [-0.15, -0.1) is 11.3 Å². The summed E-state index contributed by atoms with van der Waals surface area (Å²) >= 11 is 1.52. The number of amides is 2. The largest absolute Gasteiger partial charge is 0.287 e. The van der Waals surface area contributed by atoms with E-state index in [0.717, 1.165) is 17.0 Å². The van der Waals surface area contributed by atoms with Crippen LogP contribution in [0.2, 0.25) is 0 Å². The maximum atomic E-state index is 12.2. The van der Waals surface area contributed by atoms with Crippen molar-refractivity contribution in [2.24, 2.45) is 0 Å². The van der Waals surface area contributed by atoms with Gasteiger partial charge in [0.15, 0.2) is 0 Å². The van der Waals surface area contributed by atoms with Crippen molar-refractivity contribution in [2.45, 2.75) is 12.8 Å². The molecule has 4 rings (SSSR count). The third-order valence-electron chi connectivity index (χ3n) is 4.35. The van der Waals surface area contributed by atoms with Crippen molar-refractivity contribution >= 4 is 23.2 Å². The van der Waals surface area contributed by atoms with Crippen molar-refractivity contribution in [1.82, 2.24) is 26.0 Å². The van der Waals surface area contributed by atoms with Crippen LogP contribution in [-0.4, -0.2) is 27.0 Å². The average Bonchev–Trinajstić information content (AvgIpc) is 3.43. The number of nitrogens with zero attached hydrogens (tertiary/aromatic N) is 2. The van der Waals surface area contributed by atoms with E-state index in [1.165, 1.54) is 16.9 Å². The van der Waals surface area contributed by atoms with Gasteiger partial charge in [0, 0.05) is 17.4 Å². The van der Waals surface area contributed by atoms with E-state index >= 15 is 0 Å². The van der Waals surface area contributed by atoms with Gasteiger partial charge in [-0.2, -0.15) is 5.10 Å². The molecule has 4 aromatic rings. The molecule has 7 nitrogen and oxygen atoms in total. The Morgan fingerprint density at radius 1 is 0.967 bits per heavy atom. The molecule has 150 valence electrons. The summed E-state index contributed by atoms with van der Waals surface area (Å²) in [5.41, 5.74) is 8.46. The molecule has 2 heterocycles. The summed E-state index contributed by atoms with van der Waals surface area (Å²) in [6, 6.07) is 21.2. The molecule has 0 atom stereocenters. The van der Waals surface area contributed by atoms with E-state index in [0.29, 0.717) is 11.4 Å². The summed E-state index contributed by atoms with van der Waals surface area (Å²) in [5, 5.41) is 9.62. The molecule has 0 aliphatic heterocycles. The number of hydrogen-bond acceptors (Lipinski definition) is 5. The van der Waals surface area contributed by atoms with Gasteiger partial charge < -0.3 is 0 Å². The Bertz CT molecular complexity index is 1140. The van der Waals surface area contributed by atoms with Gasteiger partial charge in [0.05, 0.1) is 22.8 Å². The monoisotopic (exact) mass is 417 g/mol. The lowest BCUT2D eigenvalue weighted by molar-refractivity contribution is -0.121. The predicted molar refractivity (Wildman–Crippen MR) is 115 cm³/mol. The lowest BCUT2D eigenvalue weighted by Gasteiger charge is -2.04. The number of rotatable bonds is 6. The molecule has 8 heteroatoms. The number of benzene rings is 2. The maximum absolute atomic E-state index is 12.2. The standard InChI is InChI=1S/C22H19N5O2S/c28-20(12-17-14-30-21(23-17)11-15-7-3-1-4-8-15)26-27-22(29)19-13-18(24-25-19)16-9-5-2-6-10-16/h1-10,13-14H,11-12H2,(H,24,25)(H,26,28)(H,27,29). The molecule has 2 aromatic carbocycles. The van der Waals surface area contributed by atoms with E-state index in [4.69, 9.17) is 0 Å². The second-order valence-corrected chi connectivity index (χ2v) is 7.55. The van der Waals surface area contributed by atoms with Crippen LogP contribution in [0.4, 0.5) is 0 Å². The lowest BCUT2D eigenvalue weighted by Crippen LogP contribution is -2.42. The molecule has 0 fully saturated rings. The van der Waals surface area contributed by atoms with E-state index in [9.17, 15) is 9.59 Å². The Morgan fingerprint density at radius 3 is 2.47 bits per heavy atom. The molecule has 2 aromatic heterocycles. The van der Waals surface area contributed by atoms with Gasteiger partial charge >= 0.3 is 0 Å². The Balaban J connectivity index is 1.28. The van der Waals surface area contributed by atoms with Crippen molar-refractivity contribution in [2.75, 3.05) is 0 Å². The van der Waals surface area contributed by atoms with Crippen LogP contribution in [0.5, 0.6) is 0 Å². The summed E-state index contributed by atoms with van der Waals surface area (Å²) in [6.07, 6.45) is 0.817. The Hall–Kier alpha value is -3.78. The summed E-state index contributed by atoms with van der Waals surface area (Å²) in [5.74, 6) is -0.816. The number of carbonyl (C=O) groups excluding carboxylic acids is 2. The van der Waals surface area contributed by atoms with Crippen LogP contribution >= 0.6 is 11.3 Å². The zero-order valence-electron chi connectivity index (χ0n) is 16.0. The molecule has 0 aliphatic rings. The topological polar surface area (TPSA) is 99.8 Å². The molecule has 0 aliphatic carbocycles. The van der Waals surface area contributed by atoms with Crippen LogP contribution in [0.3, 0.4) is 0 Å². The van der Waals surface area contributed by atoms with Crippen LogP contribution in [0.15, 0.2) is 72.1 Å². The molecule has 3 N–H and O–H groups in total. The Morgan fingerprint density at radius 2 is 1.70 bits per heavy atom. The predicted octanol–water partition coefficient (Wildman–Crippen LogP) is 3.13. The Labute approximate surface area is 177 Å². The van der Waals surface area contributed by atoms with E-state index in [1.54, 1.807) is 6.07 Å². The third-order valence-corrected chi connectivity index (χ3v) is 5.24. The molecular formula is C22H19N5O2S. The van der Waals surface area contributed by atoms with Crippen LogP contribution in [0.25, 0.3) is 11.3 Å². The first-order chi connectivity index (χ1) is 14.7. The number of nitrogens with one attached hydrogen (secondary N) is 3. The fourth-order valence-corrected chi connectivity index (χ4v) is 3.71. The van der Waals surface area contributed by atoms with Crippen LogP contribution < -0.4 is 10.9 Å². The normalized spacial score (nSPS) is 10.5. The highest BCUT2D eigenvalue weighted by Gasteiger charge is 2.13. The number of aromatic amines is 1. The van der Waals surface area contributed by atoms with Gasteiger partial charge in [-0.3, -0.25) is 25.5 Å². The molecule has 0 unspecified atom stereocenters. The van der Waals surface area contributed by atoms with E-state index in [2.05, 4.69) is 26.0 Å². The molecule has 0 radical (unpaired) electrons. The quantitative estimate of drug-likeness (QED) is 0.420. The van der Waals surface area contributed by atoms with Crippen molar-refractivity contribution in [3.05, 3.63) is 94.1 Å². The Kier molecular flexibility index (Phi) is 5.95. The van der Waals surface area contributed by atoms with E-state index < -0.39 is 5.91 Å². The molecule has 0 bridgehead atoms. The van der Waals surface area contributed by atoms with Gasteiger partial charge in [0.1, 0.15) is 5.69 Å². The van der Waals surface area contributed by atoms with Crippen molar-refractivity contribution < 1.29 is 9.59 Å². The summed E-state index contributed by atoms with van der Waals surface area (Å²) in [4.78, 5) is 28.9. The number of H-pyrrole nitrogens is 1. The second kappa shape index (κ2) is 9.15. The third kappa shape index (κ3) is 4.98. The molecular weight excluding hydrogens is 398 g/mol. The smallest absolute Gasteiger partial charge is 0.273 e. The van der Waals surface area contributed by atoms with E-state index in [-0.39, 0.29) is 18.0 Å². The van der Waals surface area contributed by atoms with Crippen molar-refractivity contribution in [3.63, 3.8) is 0 Å². The molecule has 30 heavy (non-hydrogen) atoms. The highest BCUT2D eigenvalue weighted by atomic mass is 32.1. The first-order valence-electron chi connectivity index (χ1n) is 9.34. The summed E-state index contributed by atoms with van der Waals surface area (Å²) in [6.45, 7) is 0.